The SMILES string of the molecule is CCN(CC)C(C(=O)O)c1cc(C)c(C)cc1OC. The van der Waals surface area contributed by atoms with Gasteiger partial charge in [0, 0.05) is 5.56 Å². The maximum atomic E-state index is 11.6. The van der Waals surface area contributed by atoms with Crippen molar-refractivity contribution in [1.82, 2.24) is 4.90 Å². The van der Waals surface area contributed by atoms with Crippen molar-refractivity contribution < 1.29 is 14.6 Å². The lowest BCUT2D eigenvalue weighted by molar-refractivity contribution is -0.143. The Morgan fingerprint density at radius 1 is 1.26 bits per heavy atom. The number of hydrogen-bond acceptors (Lipinski definition) is 3. The Bertz CT molecular complexity index is 453. The van der Waals surface area contributed by atoms with Crippen LogP contribution in [-0.4, -0.2) is 36.2 Å². The Morgan fingerprint density at radius 2 is 1.79 bits per heavy atom. The van der Waals surface area contributed by atoms with Gasteiger partial charge in [-0.15, -0.1) is 0 Å². The molecule has 1 rings (SSSR count). The number of aliphatic carboxylic acids is 1. The van der Waals surface area contributed by atoms with Gasteiger partial charge in [-0.3, -0.25) is 9.69 Å². The van der Waals surface area contributed by atoms with Gasteiger partial charge in [-0.1, -0.05) is 13.8 Å². The molecule has 0 bridgehead atoms. The number of rotatable bonds is 6. The maximum absolute atomic E-state index is 11.6. The van der Waals surface area contributed by atoms with Crippen molar-refractivity contribution in [2.45, 2.75) is 33.7 Å². The second kappa shape index (κ2) is 6.57. The van der Waals surface area contributed by atoms with Crippen LogP contribution in [0.3, 0.4) is 0 Å². The third-order valence-corrected chi connectivity index (χ3v) is 3.55. The highest BCUT2D eigenvalue weighted by Gasteiger charge is 2.28. The van der Waals surface area contributed by atoms with Crippen LogP contribution in [0.1, 0.15) is 36.6 Å². The van der Waals surface area contributed by atoms with Gasteiger partial charge in [-0.25, -0.2) is 0 Å². The van der Waals surface area contributed by atoms with Crippen LogP contribution >= 0.6 is 0 Å². The Hall–Kier alpha value is -1.55. The van der Waals surface area contributed by atoms with E-state index < -0.39 is 12.0 Å². The van der Waals surface area contributed by atoms with Gasteiger partial charge in [0.2, 0.25) is 0 Å². The highest BCUT2D eigenvalue weighted by Crippen LogP contribution is 2.32. The van der Waals surface area contributed by atoms with E-state index in [1.807, 2.05) is 44.7 Å². The van der Waals surface area contributed by atoms with Gasteiger partial charge in [0.1, 0.15) is 11.8 Å². The van der Waals surface area contributed by atoms with Crippen molar-refractivity contribution in [1.29, 1.82) is 0 Å². The van der Waals surface area contributed by atoms with E-state index in [-0.39, 0.29) is 0 Å². The Morgan fingerprint density at radius 3 is 2.21 bits per heavy atom. The average molecular weight is 265 g/mol. The summed E-state index contributed by atoms with van der Waals surface area (Å²) in [6.45, 7) is 9.28. The number of carboxylic acid groups (broad SMARTS) is 1. The van der Waals surface area contributed by atoms with Gasteiger partial charge < -0.3 is 9.84 Å². The van der Waals surface area contributed by atoms with Gasteiger partial charge in [0.05, 0.1) is 7.11 Å². The van der Waals surface area contributed by atoms with E-state index in [4.69, 9.17) is 4.74 Å². The first-order chi connectivity index (χ1) is 8.96. The maximum Gasteiger partial charge on any atom is 0.325 e. The predicted octanol–water partition coefficient (Wildman–Crippen LogP) is 2.78. The molecule has 0 aliphatic carbocycles. The van der Waals surface area contributed by atoms with Crippen LogP contribution in [0.2, 0.25) is 0 Å². The zero-order valence-corrected chi connectivity index (χ0v) is 12.4. The summed E-state index contributed by atoms with van der Waals surface area (Å²) in [7, 11) is 1.58. The molecule has 19 heavy (non-hydrogen) atoms. The number of likely N-dealkylation sites (N-methyl/N-ethyl adjacent to an activating group) is 1. The van der Waals surface area contributed by atoms with Gasteiger partial charge >= 0.3 is 5.97 Å². The second-order valence-electron chi connectivity index (χ2n) is 4.64. The fraction of sp³-hybridized carbons (Fsp3) is 0.533. The van der Waals surface area contributed by atoms with Crippen molar-refractivity contribution in [3.05, 3.63) is 28.8 Å². The molecule has 1 aromatic rings. The van der Waals surface area contributed by atoms with E-state index in [1.165, 1.54) is 0 Å². The van der Waals surface area contributed by atoms with Crippen LogP contribution in [0, 0.1) is 13.8 Å². The number of carbonyl (C=O) groups is 1. The summed E-state index contributed by atoms with van der Waals surface area (Å²) in [6.07, 6.45) is 0. The number of aryl methyl sites for hydroxylation is 2. The van der Waals surface area contributed by atoms with Crippen molar-refractivity contribution in [2.24, 2.45) is 0 Å². The molecule has 0 spiro atoms. The minimum absolute atomic E-state index is 0.641. The van der Waals surface area contributed by atoms with Gasteiger partial charge in [0.25, 0.3) is 0 Å². The minimum Gasteiger partial charge on any atom is -0.496 e. The molecule has 0 aliphatic heterocycles. The lowest BCUT2D eigenvalue weighted by Gasteiger charge is -2.28. The van der Waals surface area contributed by atoms with E-state index in [0.29, 0.717) is 18.8 Å². The first kappa shape index (κ1) is 15.5. The molecular formula is C15H23NO3. The third-order valence-electron chi connectivity index (χ3n) is 3.55. The summed E-state index contributed by atoms with van der Waals surface area (Å²) in [5.74, 6) is -0.201. The average Bonchev–Trinajstić information content (AvgIpc) is 2.38. The van der Waals surface area contributed by atoms with Crippen molar-refractivity contribution in [2.75, 3.05) is 20.2 Å². The molecule has 4 nitrogen and oxygen atoms in total. The quantitative estimate of drug-likeness (QED) is 0.859. The first-order valence-corrected chi connectivity index (χ1v) is 6.58. The minimum atomic E-state index is -0.842. The summed E-state index contributed by atoms with van der Waals surface area (Å²) in [5.41, 5.74) is 2.90. The Labute approximate surface area is 115 Å². The lowest BCUT2D eigenvalue weighted by atomic mass is 9.98. The molecule has 0 aliphatic rings. The van der Waals surface area contributed by atoms with Crippen LogP contribution < -0.4 is 4.74 Å². The zero-order chi connectivity index (χ0) is 14.6. The molecular weight excluding hydrogens is 242 g/mol. The van der Waals surface area contributed by atoms with E-state index in [0.717, 1.165) is 16.7 Å². The summed E-state index contributed by atoms with van der Waals surface area (Å²) >= 11 is 0. The first-order valence-electron chi connectivity index (χ1n) is 6.58. The van der Waals surface area contributed by atoms with Crippen LogP contribution in [0.15, 0.2) is 12.1 Å². The molecule has 1 atom stereocenters. The molecule has 0 saturated heterocycles. The van der Waals surface area contributed by atoms with E-state index in [1.54, 1.807) is 7.11 Å². The highest BCUT2D eigenvalue weighted by atomic mass is 16.5. The van der Waals surface area contributed by atoms with E-state index in [9.17, 15) is 9.90 Å². The third kappa shape index (κ3) is 3.26. The molecule has 0 saturated carbocycles. The molecule has 0 radical (unpaired) electrons. The molecule has 1 unspecified atom stereocenters. The lowest BCUT2D eigenvalue weighted by Crippen LogP contribution is -2.34. The number of methoxy groups -OCH3 is 1. The summed E-state index contributed by atoms with van der Waals surface area (Å²) in [4.78, 5) is 13.5. The topological polar surface area (TPSA) is 49.8 Å². The molecule has 0 aromatic heterocycles. The summed E-state index contributed by atoms with van der Waals surface area (Å²) in [6, 6.07) is 3.17. The standard InChI is InChI=1S/C15H23NO3/c1-6-16(7-2)14(15(17)18)12-8-10(3)11(4)9-13(12)19-5/h8-9,14H,6-7H2,1-5H3,(H,17,18). The van der Waals surface area contributed by atoms with Gasteiger partial charge in [-0.2, -0.15) is 0 Å². The zero-order valence-electron chi connectivity index (χ0n) is 12.4. The van der Waals surface area contributed by atoms with Crippen molar-refractivity contribution in [3.63, 3.8) is 0 Å². The number of ether oxygens (including phenoxy) is 1. The molecule has 4 heteroatoms. The van der Waals surface area contributed by atoms with Crippen molar-refractivity contribution >= 4 is 5.97 Å². The molecule has 0 amide bonds. The van der Waals surface area contributed by atoms with Crippen LogP contribution in [0.5, 0.6) is 5.75 Å². The molecule has 0 fully saturated rings. The summed E-state index contributed by atoms with van der Waals surface area (Å²) in [5, 5.41) is 9.54. The predicted molar refractivity (Wildman–Crippen MR) is 75.8 cm³/mol. The fourth-order valence-electron chi connectivity index (χ4n) is 2.28. The Kier molecular flexibility index (Phi) is 5.36. The van der Waals surface area contributed by atoms with E-state index >= 15 is 0 Å². The van der Waals surface area contributed by atoms with E-state index in [2.05, 4.69) is 0 Å². The molecule has 1 N–H and O–H groups in total. The molecule has 106 valence electrons. The largest absolute Gasteiger partial charge is 0.496 e. The van der Waals surface area contributed by atoms with Crippen LogP contribution in [0.4, 0.5) is 0 Å². The number of hydrogen-bond donors (Lipinski definition) is 1. The monoisotopic (exact) mass is 265 g/mol. The smallest absolute Gasteiger partial charge is 0.325 e. The number of benzene rings is 1. The summed E-state index contributed by atoms with van der Waals surface area (Å²) < 4.78 is 5.36. The van der Waals surface area contributed by atoms with Crippen LogP contribution in [-0.2, 0) is 4.79 Å². The highest BCUT2D eigenvalue weighted by molar-refractivity contribution is 5.77. The number of nitrogens with zero attached hydrogens (tertiary/aromatic N) is 1. The van der Waals surface area contributed by atoms with Gasteiger partial charge in [0.15, 0.2) is 0 Å². The molecule has 0 heterocycles. The van der Waals surface area contributed by atoms with Crippen molar-refractivity contribution in [3.8, 4) is 5.75 Å². The second-order valence-corrected chi connectivity index (χ2v) is 4.64. The fourth-order valence-corrected chi connectivity index (χ4v) is 2.28. The Balaban J connectivity index is 3.37. The van der Waals surface area contributed by atoms with Gasteiger partial charge in [-0.05, 0) is 50.2 Å². The molecule has 1 aromatic carbocycles. The normalized spacial score (nSPS) is 12.5. The van der Waals surface area contributed by atoms with Crippen LogP contribution in [0.25, 0.3) is 0 Å². The number of carboxylic acids is 1.